The number of halogens is 2. The summed E-state index contributed by atoms with van der Waals surface area (Å²) in [5.74, 6) is -0.0203. The van der Waals surface area contributed by atoms with Crippen LogP contribution in [0.2, 0.25) is 10.0 Å². The highest BCUT2D eigenvalue weighted by molar-refractivity contribution is 6.30. The van der Waals surface area contributed by atoms with Crippen molar-refractivity contribution in [2.75, 3.05) is 6.61 Å². The van der Waals surface area contributed by atoms with Crippen LogP contribution in [0.1, 0.15) is 33.3 Å². The van der Waals surface area contributed by atoms with Gasteiger partial charge in [0.2, 0.25) is 5.91 Å². The first-order chi connectivity index (χ1) is 13.5. The molecule has 0 saturated carbocycles. The van der Waals surface area contributed by atoms with Crippen LogP contribution in [-0.4, -0.2) is 34.9 Å². The second kappa shape index (κ2) is 9.99. The molecule has 7 heteroatoms. The molecule has 0 bridgehead atoms. The maximum absolute atomic E-state index is 12.9. The Morgan fingerprint density at radius 3 is 2.31 bits per heavy atom. The van der Waals surface area contributed by atoms with Gasteiger partial charge >= 0.3 is 0 Å². The average molecular weight is 437 g/mol. The molecule has 0 heterocycles. The first-order valence-electron chi connectivity index (χ1n) is 9.29. The van der Waals surface area contributed by atoms with Crippen molar-refractivity contribution < 1.29 is 14.3 Å². The monoisotopic (exact) mass is 436 g/mol. The van der Waals surface area contributed by atoms with Crippen molar-refractivity contribution in [2.24, 2.45) is 0 Å². The maximum atomic E-state index is 12.9. The van der Waals surface area contributed by atoms with Crippen molar-refractivity contribution in [2.45, 2.75) is 45.8 Å². The highest BCUT2D eigenvalue weighted by atomic mass is 35.5. The summed E-state index contributed by atoms with van der Waals surface area (Å²) in [5, 5.41) is 4.07. The minimum atomic E-state index is -0.686. The molecule has 0 saturated heterocycles. The van der Waals surface area contributed by atoms with E-state index in [0.717, 1.165) is 5.56 Å². The van der Waals surface area contributed by atoms with Gasteiger partial charge in [0.1, 0.15) is 11.8 Å². The summed E-state index contributed by atoms with van der Waals surface area (Å²) < 4.78 is 5.59. The summed E-state index contributed by atoms with van der Waals surface area (Å²) in [4.78, 5) is 27.1. The van der Waals surface area contributed by atoms with Gasteiger partial charge in [0.15, 0.2) is 6.61 Å². The summed E-state index contributed by atoms with van der Waals surface area (Å²) >= 11 is 11.9. The zero-order chi connectivity index (χ0) is 21.6. The Kier molecular flexibility index (Phi) is 7.94. The zero-order valence-electron chi connectivity index (χ0n) is 17.0. The van der Waals surface area contributed by atoms with Crippen molar-refractivity contribution in [1.29, 1.82) is 0 Å². The van der Waals surface area contributed by atoms with Crippen molar-refractivity contribution in [3.8, 4) is 5.75 Å². The van der Waals surface area contributed by atoms with E-state index in [9.17, 15) is 9.59 Å². The molecule has 0 aliphatic heterocycles. The van der Waals surface area contributed by atoms with Gasteiger partial charge in [-0.3, -0.25) is 9.59 Å². The molecule has 0 unspecified atom stereocenters. The molecule has 1 N–H and O–H groups in total. The predicted octanol–water partition coefficient (Wildman–Crippen LogP) is 4.70. The molecule has 29 heavy (non-hydrogen) atoms. The van der Waals surface area contributed by atoms with Crippen LogP contribution in [0.25, 0.3) is 0 Å². The molecule has 156 valence electrons. The second-order valence-corrected chi connectivity index (χ2v) is 8.68. The average Bonchev–Trinajstić information content (AvgIpc) is 2.63. The Morgan fingerprint density at radius 2 is 1.72 bits per heavy atom. The van der Waals surface area contributed by atoms with E-state index in [1.165, 1.54) is 4.90 Å². The first kappa shape index (κ1) is 23.0. The molecule has 1 atom stereocenters. The Bertz CT molecular complexity index is 848. The fourth-order valence-electron chi connectivity index (χ4n) is 2.65. The molecule has 2 aromatic rings. The van der Waals surface area contributed by atoms with Gasteiger partial charge in [-0.1, -0.05) is 35.3 Å². The summed E-state index contributed by atoms with van der Waals surface area (Å²) in [6, 6.07) is 13.3. The van der Waals surface area contributed by atoms with Gasteiger partial charge in [0.25, 0.3) is 5.91 Å². The highest BCUT2D eigenvalue weighted by Crippen LogP contribution is 2.18. The van der Waals surface area contributed by atoms with Crippen molar-refractivity contribution in [1.82, 2.24) is 10.2 Å². The van der Waals surface area contributed by atoms with Crippen LogP contribution in [0.4, 0.5) is 0 Å². The number of amides is 2. The normalized spacial score (nSPS) is 12.2. The number of hydrogen-bond donors (Lipinski definition) is 1. The molecule has 0 fully saturated rings. The van der Waals surface area contributed by atoms with Crippen molar-refractivity contribution >= 4 is 35.0 Å². The number of benzene rings is 2. The largest absolute Gasteiger partial charge is 0.484 e. The van der Waals surface area contributed by atoms with E-state index in [1.807, 2.05) is 32.9 Å². The predicted molar refractivity (Wildman–Crippen MR) is 116 cm³/mol. The minimum Gasteiger partial charge on any atom is -0.484 e. The van der Waals surface area contributed by atoms with Gasteiger partial charge in [-0.05, 0) is 69.7 Å². The quantitative estimate of drug-likeness (QED) is 0.683. The molecule has 0 aromatic heterocycles. The van der Waals surface area contributed by atoms with Gasteiger partial charge < -0.3 is 15.0 Å². The van der Waals surface area contributed by atoms with Gasteiger partial charge in [-0.15, -0.1) is 0 Å². The number of rotatable bonds is 7. The van der Waals surface area contributed by atoms with Gasteiger partial charge in [-0.2, -0.15) is 0 Å². The lowest BCUT2D eigenvalue weighted by atomic mass is 10.1. The van der Waals surface area contributed by atoms with Crippen LogP contribution in [0.5, 0.6) is 5.75 Å². The van der Waals surface area contributed by atoms with Gasteiger partial charge in [-0.25, -0.2) is 0 Å². The number of carbonyl (C=O) groups excluding carboxylic acids is 2. The van der Waals surface area contributed by atoms with E-state index in [1.54, 1.807) is 43.3 Å². The lowest BCUT2D eigenvalue weighted by Gasteiger charge is -2.31. The fraction of sp³-hybridized carbons (Fsp3) is 0.364. The van der Waals surface area contributed by atoms with E-state index in [2.05, 4.69) is 5.32 Å². The molecular weight excluding hydrogens is 411 g/mol. The maximum Gasteiger partial charge on any atom is 0.261 e. The first-order valence-corrected chi connectivity index (χ1v) is 10.0. The number of nitrogens with one attached hydrogen (secondary N) is 1. The molecule has 0 aliphatic carbocycles. The molecule has 2 aromatic carbocycles. The number of nitrogens with zero attached hydrogens (tertiary/aromatic N) is 1. The number of ether oxygens (including phenoxy) is 1. The standard InChI is InChI=1S/C22H26Cl2N2O3/c1-15(21(28)25-22(2,3)4)26(13-16-6-5-7-18(24)12-16)20(27)14-29-19-10-8-17(23)9-11-19/h5-12,15H,13-14H2,1-4H3,(H,25,28)/t15-/m1/s1. The van der Waals surface area contributed by atoms with E-state index >= 15 is 0 Å². The third-order valence-electron chi connectivity index (χ3n) is 4.08. The van der Waals surface area contributed by atoms with Gasteiger partial charge in [0, 0.05) is 22.1 Å². The Balaban J connectivity index is 2.16. The number of hydrogen-bond acceptors (Lipinski definition) is 3. The van der Waals surface area contributed by atoms with Gasteiger partial charge in [0.05, 0.1) is 0 Å². The van der Waals surface area contributed by atoms with Crippen LogP contribution >= 0.6 is 23.2 Å². The van der Waals surface area contributed by atoms with Crippen LogP contribution in [0, 0.1) is 0 Å². The lowest BCUT2D eigenvalue weighted by molar-refractivity contribution is -0.142. The Morgan fingerprint density at radius 1 is 1.07 bits per heavy atom. The van der Waals surface area contributed by atoms with Crippen molar-refractivity contribution in [3.05, 3.63) is 64.1 Å². The SMILES string of the molecule is C[C@H](C(=O)NC(C)(C)C)N(Cc1cccc(Cl)c1)C(=O)COc1ccc(Cl)cc1. The van der Waals surface area contributed by atoms with E-state index in [4.69, 9.17) is 27.9 Å². The molecular formula is C22H26Cl2N2O3. The Hall–Kier alpha value is -2.24. The third-order valence-corrected chi connectivity index (χ3v) is 4.57. The Labute approximate surface area is 181 Å². The number of carbonyl (C=O) groups is 2. The summed E-state index contributed by atoms with van der Waals surface area (Å²) in [6.45, 7) is 7.42. The van der Waals surface area contributed by atoms with Crippen LogP contribution in [-0.2, 0) is 16.1 Å². The van der Waals surface area contributed by atoms with Crippen LogP contribution in [0.3, 0.4) is 0 Å². The molecule has 0 spiro atoms. The molecule has 2 amide bonds. The highest BCUT2D eigenvalue weighted by Gasteiger charge is 2.28. The van der Waals surface area contributed by atoms with E-state index in [-0.39, 0.29) is 25.0 Å². The molecule has 2 rings (SSSR count). The molecule has 0 radical (unpaired) electrons. The van der Waals surface area contributed by atoms with Crippen LogP contribution < -0.4 is 10.1 Å². The third kappa shape index (κ3) is 7.59. The van der Waals surface area contributed by atoms with Crippen LogP contribution in [0.15, 0.2) is 48.5 Å². The van der Waals surface area contributed by atoms with Crippen molar-refractivity contribution in [3.63, 3.8) is 0 Å². The summed E-state index contributed by atoms with van der Waals surface area (Å²) in [6.07, 6.45) is 0. The fourth-order valence-corrected chi connectivity index (χ4v) is 2.99. The molecule has 5 nitrogen and oxygen atoms in total. The topological polar surface area (TPSA) is 58.6 Å². The van der Waals surface area contributed by atoms with E-state index < -0.39 is 11.6 Å². The molecule has 0 aliphatic rings. The zero-order valence-corrected chi connectivity index (χ0v) is 18.6. The van der Waals surface area contributed by atoms with E-state index in [0.29, 0.717) is 15.8 Å². The lowest BCUT2D eigenvalue weighted by Crippen LogP contribution is -2.53. The minimum absolute atomic E-state index is 0.199. The smallest absolute Gasteiger partial charge is 0.261 e. The summed E-state index contributed by atoms with van der Waals surface area (Å²) in [7, 11) is 0. The second-order valence-electron chi connectivity index (χ2n) is 7.81. The summed E-state index contributed by atoms with van der Waals surface area (Å²) in [5.41, 5.74) is 0.420.